The van der Waals surface area contributed by atoms with Crippen LogP contribution in [0.5, 0.6) is 0 Å². The maximum atomic E-state index is 11.5. The fourth-order valence-corrected chi connectivity index (χ4v) is 2.60. The molecule has 0 aliphatic rings. The molecule has 1 aromatic heterocycles. The van der Waals surface area contributed by atoms with Gasteiger partial charge in [0.05, 0.1) is 17.8 Å². The van der Waals surface area contributed by atoms with Gasteiger partial charge in [-0.05, 0) is 12.3 Å². The second kappa shape index (κ2) is 6.33. The van der Waals surface area contributed by atoms with Crippen molar-refractivity contribution in [2.24, 2.45) is 11.7 Å². The van der Waals surface area contributed by atoms with E-state index in [1.807, 2.05) is 4.57 Å². The van der Waals surface area contributed by atoms with E-state index in [-0.39, 0.29) is 17.5 Å². The number of hydrogen-bond acceptors (Lipinski definition) is 4. The summed E-state index contributed by atoms with van der Waals surface area (Å²) in [4.78, 5) is 4.07. The maximum absolute atomic E-state index is 11.5. The zero-order chi connectivity index (χ0) is 13.8. The Kier molecular flexibility index (Phi) is 5.34. The highest BCUT2D eigenvalue weighted by Crippen LogP contribution is 2.18. The Bertz CT molecular complexity index is 465. The molecule has 5 nitrogen and oxygen atoms in total. The second-order valence-electron chi connectivity index (χ2n) is 4.98. The molecule has 1 unspecified atom stereocenters. The van der Waals surface area contributed by atoms with Crippen LogP contribution >= 0.6 is 0 Å². The zero-order valence-corrected chi connectivity index (χ0v) is 12.2. The summed E-state index contributed by atoms with van der Waals surface area (Å²) in [6, 6.07) is -0.0863. The maximum Gasteiger partial charge on any atom is 0.151 e. The fourth-order valence-electron chi connectivity index (χ4n) is 1.84. The summed E-state index contributed by atoms with van der Waals surface area (Å²) in [6.07, 6.45) is 4.25. The SMILES string of the molecule is CCS(=O)(=O)CCn1cncc1C(N)CC(C)C. The van der Waals surface area contributed by atoms with Crippen LogP contribution in [0.3, 0.4) is 0 Å². The Balaban J connectivity index is 2.71. The predicted octanol–water partition coefficient (Wildman–Crippen LogP) is 1.36. The molecule has 1 atom stereocenters. The van der Waals surface area contributed by atoms with Crippen LogP contribution in [0, 0.1) is 5.92 Å². The van der Waals surface area contributed by atoms with Crippen LogP contribution in [0.1, 0.15) is 38.9 Å². The summed E-state index contributed by atoms with van der Waals surface area (Å²) in [5.41, 5.74) is 7.01. The first-order valence-electron chi connectivity index (χ1n) is 6.31. The molecule has 0 saturated carbocycles. The first-order valence-corrected chi connectivity index (χ1v) is 8.14. The highest BCUT2D eigenvalue weighted by Gasteiger charge is 2.15. The lowest BCUT2D eigenvalue weighted by Crippen LogP contribution is -2.20. The first kappa shape index (κ1) is 15.2. The summed E-state index contributed by atoms with van der Waals surface area (Å²) in [7, 11) is -2.95. The van der Waals surface area contributed by atoms with Crippen molar-refractivity contribution in [2.45, 2.75) is 39.8 Å². The summed E-state index contributed by atoms with van der Waals surface area (Å²) in [5.74, 6) is 0.818. The van der Waals surface area contributed by atoms with Crippen molar-refractivity contribution in [1.82, 2.24) is 9.55 Å². The summed E-state index contributed by atoms with van der Waals surface area (Å²) < 4.78 is 24.8. The average Bonchev–Trinajstić information content (AvgIpc) is 2.74. The zero-order valence-electron chi connectivity index (χ0n) is 11.3. The third-order valence-electron chi connectivity index (χ3n) is 2.93. The van der Waals surface area contributed by atoms with Gasteiger partial charge in [0, 0.05) is 24.5 Å². The van der Waals surface area contributed by atoms with Crippen molar-refractivity contribution < 1.29 is 8.42 Å². The molecular weight excluding hydrogens is 250 g/mol. The molecule has 0 amide bonds. The molecule has 2 N–H and O–H groups in total. The van der Waals surface area contributed by atoms with E-state index < -0.39 is 9.84 Å². The molecule has 0 radical (unpaired) electrons. The van der Waals surface area contributed by atoms with E-state index in [2.05, 4.69) is 18.8 Å². The first-order chi connectivity index (χ1) is 8.35. The monoisotopic (exact) mass is 273 g/mol. The molecule has 0 aliphatic carbocycles. The Morgan fingerprint density at radius 2 is 2.11 bits per heavy atom. The number of rotatable bonds is 7. The molecule has 6 heteroatoms. The van der Waals surface area contributed by atoms with Gasteiger partial charge in [0.15, 0.2) is 9.84 Å². The number of nitrogens with zero attached hydrogens (tertiary/aromatic N) is 2. The van der Waals surface area contributed by atoms with Crippen LogP contribution in [0.2, 0.25) is 0 Å². The topological polar surface area (TPSA) is 78.0 Å². The smallest absolute Gasteiger partial charge is 0.151 e. The molecule has 18 heavy (non-hydrogen) atoms. The van der Waals surface area contributed by atoms with Crippen LogP contribution in [0.15, 0.2) is 12.5 Å². The number of hydrogen-bond donors (Lipinski definition) is 1. The van der Waals surface area contributed by atoms with E-state index in [0.29, 0.717) is 12.5 Å². The van der Waals surface area contributed by atoms with Gasteiger partial charge in [0.1, 0.15) is 0 Å². The Morgan fingerprint density at radius 1 is 1.44 bits per heavy atom. The molecule has 0 saturated heterocycles. The van der Waals surface area contributed by atoms with Gasteiger partial charge in [-0.2, -0.15) is 0 Å². The number of aryl methyl sites for hydroxylation is 1. The van der Waals surface area contributed by atoms with Crippen LogP contribution in [-0.2, 0) is 16.4 Å². The normalized spacial score (nSPS) is 14.1. The number of sulfone groups is 1. The van der Waals surface area contributed by atoms with Crippen molar-refractivity contribution in [1.29, 1.82) is 0 Å². The minimum atomic E-state index is -2.95. The molecule has 0 fully saturated rings. The number of imidazole rings is 1. The Labute approximate surface area is 109 Å². The van der Waals surface area contributed by atoms with Gasteiger partial charge in [0.25, 0.3) is 0 Å². The third kappa shape index (κ3) is 4.42. The van der Waals surface area contributed by atoms with Gasteiger partial charge in [-0.15, -0.1) is 0 Å². The lowest BCUT2D eigenvalue weighted by molar-refractivity contribution is 0.486. The van der Waals surface area contributed by atoms with E-state index in [1.54, 1.807) is 19.4 Å². The average molecular weight is 273 g/mol. The van der Waals surface area contributed by atoms with Gasteiger partial charge in [-0.3, -0.25) is 0 Å². The lowest BCUT2D eigenvalue weighted by Gasteiger charge is -2.16. The Hall–Kier alpha value is -0.880. The molecule has 104 valence electrons. The second-order valence-corrected chi connectivity index (χ2v) is 7.46. The van der Waals surface area contributed by atoms with Gasteiger partial charge < -0.3 is 10.3 Å². The van der Waals surface area contributed by atoms with E-state index in [1.165, 1.54) is 0 Å². The van der Waals surface area contributed by atoms with Crippen LogP contribution in [0.4, 0.5) is 0 Å². The molecule has 1 rings (SSSR count). The van der Waals surface area contributed by atoms with Crippen LogP contribution < -0.4 is 5.73 Å². The van der Waals surface area contributed by atoms with E-state index in [9.17, 15) is 8.42 Å². The lowest BCUT2D eigenvalue weighted by atomic mass is 10.0. The van der Waals surface area contributed by atoms with Gasteiger partial charge in [-0.1, -0.05) is 20.8 Å². The highest BCUT2D eigenvalue weighted by atomic mass is 32.2. The van der Waals surface area contributed by atoms with E-state index in [0.717, 1.165) is 12.1 Å². The van der Waals surface area contributed by atoms with Crippen molar-refractivity contribution in [2.75, 3.05) is 11.5 Å². The van der Waals surface area contributed by atoms with Crippen molar-refractivity contribution in [3.8, 4) is 0 Å². The molecule has 0 spiro atoms. The van der Waals surface area contributed by atoms with Crippen LogP contribution in [-0.4, -0.2) is 29.5 Å². The van der Waals surface area contributed by atoms with E-state index >= 15 is 0 Å². The molecular formula is C12H23N3O2S. The van der Waals surface area contributed by atoms with E-state index in [4.69, 9.17) is 5.73 Å². The summed E-state index contributed by atoms with van der Waals surface area (Å²) in [6.45, 7) is 6.32. The Morgan fingerprint density at radius 3 is 2.67 bits per heavy atom. The van der Waals surface area contributed by atoms with Crippen molar-refractivity contribution in [3.63, 3.8) is 0 Å². The minimum Gasteiger partial charge on any atom is -0.332 e. The predicted molar refractivity (Wildman–Crippen MR) is 72.9 cm³/mol. The van der Waals surface area contributed by atoms with Gasteiger partial charge in [0.2, 0.25) is 0 Å². The fraction of sp³-hybridized carbons (Fsp3) is 0.750. The van der Waals surface area contributed by atoms with Crippen LogP contribution in [0.25, 0.3) is 0 Å². The summed E-state index contributed by atoms with van der Waals surface area (Å²) >= 11 is 0. The molecule has 1 aromatic rings. The van der Waals surface area contributed by atoms with Crippen molar-refractivity contribution in [3.05, 3.63) is 18.2 Å². The standard InChI is InChI=1S/C12H23N3O2S/c1-4-18(16,17)6-5-15-9-14-8-12(15)11(13)7-10(2)3/h8-11H,4-7,13H2,1-3H3. The largest absolute Gasteiger partial charge is 0.332 e. The number of nitrogens with two attached hydrogens (primary N) is 1. The van der Waals surface area contributed by atoms with Gasteiger partial charge >= 0.3 is 0 Å². The number of aromatic nitrogens is 2. The molecule has 1 heterocycles. The molecule has 0 bridgehead atoms. The highest BCUT2D eigenvalue weighted by molar-refractivity contribution is 7.91. The van der Waals surface area contributed by atoms with Crippen molar-refractivity contribution >= 4 is 9.84 Å². The summed E-state index contributed by atoms with van der Waals surface area (Å²) in [5, 5.41) is 0. The molecule has 0 aliphatic heterocycles. The quantitative estimate of drug-likeness (QED) is 0.813. The minimum absolute atomic E-state index is 0.0863. The molecule has 0 aromatic carbocycles. The third-order valence-corrected chi connectivity index (χ3v) is 4.62. The van der Waals surface area contributed by atoms with Gasteiger partial charge in [-0.25, -0.2) is 13.4 Å².